The van der Waals surface area contributed by atoms with Crippen LogP contribution in [0.1, 0.15) is 26.6 Å². The summed E-state index contributed by atoms with van der Waals surface area (Å²) in [6.07, 6.45) is 0.929. The van der Waals surface area contributed by atoms with Gasteiger partial charge in [-0.1, -0.05) is 12.1 Å². The number of primary amides is 1. The topological polar surface area (TPSA) is 84.7 Å². The van der Waals surface area contributed by atoms with Gasteiger partial charge in [-0.05, 0) is 37.1 Å². The van der Waals surface area contributed by atoms with Gasteiger partial charge in [0.05, 0.1) is 29.4 Å². The van der Waals surface area contributed by atoms with Gasteiger partial charge in [0, 0.05) is 17.6 Å². The number of carbonyl (C=O) groups is 1. The second-order valence-electron chi connectivity index (χ2n) is 5.88. The van der Waals surface area contributed by atoms with Crippen LogP contribution in [0.3, 0.4) is 0 Å². The number of hydrogen-bond acceptors (Lipinski definition) is 4. The van der Waals surface area contributed by atoms with Gasteiger partial charge in [-0.2, -0.15) is 5.26 Å². The molecule has 5 nitrogen and oxygen atoms in total. The van der Waals surface area contributed by atoms with Crippen molar-refractivity contribution in [2.45, 2.75) is 26.3 Å². The van der Waals surface area contributed by atoms with Crippen molar-refractivity contribution >= 4 is 17.2 Å². The first-order chi connectivity index (χ1) is 12.5. The summed E-state index contributed by atoms with van der Waals surface area (Å²) in [5.41, 5.74) is 9.22. The van der Waals surface area contributed by atoms with E-state index in [2.05, 4.69) is 11.1 Å². The minimum Gasteiger partial charge on any atom is -0.366 e. The number of aryl methyl sites for hydroxylation is 1. The molecule has 3 aromatic rings. The monoisotopic (exact) mass is 368 g/mol. The lowest BCUT2D eigenvalue weighted by molar-refractivity contribution is 0.0999. The zero-order valence-electron chi connectivity index (χ0n) is 14.2. The van der Waals surface area contributed by atoms with Crippen LogP contribution >= 0.6 is 11.3 Å². The lowest BCUT2D eigenvalue weighted by atomic mass is 10.1. The summed E-state index contributed by atoms with van der Waals surface area (Å²) in [5.74, 6) is -0.758. The van der Waals surface area contributed by atoms with Crippen LogP contribution in [0.2, 0.25) is 0 Å². The number of nitrogens with zero attached hydrogens (tertiary/aromatic N) is 3. The molecule has 0 aliphatic heterocycles. The molecule has 0 unspecified atom stereocenters. The van der Waals surface area contributed by atoms with E-state index < -0.39 is 5.91 Å². The summed E-state index contributed by atoms with van der Waals surface area (Å²) in [5, 5.41) is 11.4. The van der Waals surface area contributed by atoms with E-state index in [1.807, 2.05) is 16.9 Å². The number of amides is 1. The second-order valence-corrected chi connectivity index (χ2v) is 6.83. The van der Waals surface area contributed by atoms with Gasteiger partial charge in [-0.15, -0.1) is 11.3 Å². The Kier molecular flexibility index (Phi) is 5.14. The van der Waals surface area contributed by atoms with E-state index in [0.717, 1.165) is 27.7 Å². The molecule has 0 aliphatic rings. The van der Waals surface area contributed by atoms with Crippen LogP contribution in [0, 0.1) is 24.1 Å². The lowest BCUT2D eigenvalue weighted by Gasteiger charge is -2.11. The third-order valence-corrected chi connectivity index (χ3v) is 5.06. The van der Waals surface area contributed by atoms with Gasteiger partial charge in [0.25, 0.3) is 5.91 Å². The van der Waals surface area contributed by atoms with Crippen molar-refractivity contribution in [3.05, 3.63) is 63.4 Å². The maximum atomic E-state index is 13.1. The van der Waals surface area contributed by atoms with Crippen LogP contribution in [-0.2, 0) is 19.4 Å². The summed E-state index contributed by atoms with van der Waals surface area (Å²) < 4.78 is 15.1. The average Bonchev–Trinajstić information content (AvgIpc) is 3.19. The minimum atomic E-state index is -0.489. The van der Waals surface area contributed by atoms with Gasteiger partial charge in [0.1, 0.15) is 10.8 Å². The van der Waals surface area contributed by atoms with Crippen molar-refractivity contribution in [3.8, 4) is 17.5 Å². The normalized spacial score (nSPS) is 10.7. The van der Waals surface area contributed by atoms with E-state index in [9.17, 15) is 9.18 Å². The Bertz CT molecular complexity index is 982. The summed E-state index contributed by atoms with van der Waals surface area (Å²) in [4.78, 5) is 16.2. The molecule has 2 heterocycles. The molecule has 1 amide bonds. The quantitative estimate of drug-likeness (QED) is 0.723. The number of hydrogen-bond donors (Lipinski definition) is 1. The Morgan fingerprint density at radius 2 is 2.12 bits per heavy atom. The molecule has 2 N–H and O–H groups in total. The highest BCUT2D eigenvalue weighted by molar-refractivity contribution is 7.10. The predicted molar refractivity (Wildman–Crippen MR) is 98.2 cm³/mol. The van der Waals surface area contributed by atoms with Gasteiger partial charge in [0.15, 0.2) is 0 Å². The SMILES string of the molecule is Cc1c(C(N)=O)cc(-c2csc(CC#N)n2)n1CCc1ccc(F)cc1. The van der Waals surface area contributed by atoms with Crippen LogP contribution in [0.5, 0.6) is 0 Å². The third-order valence-electron chi connectivity index (χ3n) is 4.21. The maximum absolute atomic E-state index is 13.1. The Labute approximate surface area is 154 Å². The molecule has 0 saturated heterocycles. The Morgan fingerprint density at radius 1 is 1.38 bits per heavy atom. The fourth-order valence-electron chi connectivity index (χ4n) is 2.86. The molecule has 3 rings (SSSR count). The van der Waals surface area contributed by atoms with E-state index in [1.165, 1.54) is 23.5 Å². The van der Waals surface area contributed by atoms with Crippen molar-refractivity contribution < 1.29 is 9.18 Å². The molecular formula is C19H17FN4OS. The van der Waals surface area contributed by atoms with Crippen molar-refractivity contribution in [1.29, 1.82) is 5.26 Å². The smallest absolute Gasteiger partial charge is 0.250 e. The van der Waals surface area contributed by atoms with Gasteiger partial charge < -0.3 is 10.3 Å². The molecule has 0 atom stereocenters. The Balaban J connectivity index is 1.95. The van der Waals surface area contributed by atoms with E-state index in [-0.39, 0.29) is 12.2 Å². The Morgan fingerprint density at radius 3 is 2.77 bits per heavy atom. The largest absolute Gasteiger partial charge is 0.366 e. The molecule has 7 heteroatoms. The molecule has 0 aliphatic carbocycles. The number of aromatic nitrogens is 2. The van der Waals surface area contributed by atoms with Gasteiger partial charge in [0.2, 0.25) is 0 Å². The summed E-state index contributed by atoms with van der Waals surface area (Å²) in [7, 11) is 0. The summed E-state index contributed by atoms with van der Waals surface area (Å²) >= 11 is 1.41. The van der Waals surface area contributed by atoms with Crippen molar-refractivity contribution in [1.82, 2.24) is 9.55 Å². The summed E-state index contributed by atoms with van der Waals surface area (Å²) in [6, 6.07) is 10.2. The van der Waals surface area contributed by atoms with E-state index in [1.54, 1.807) is 18.2 Å². The maximum Gasteiger partial charge on any atom is 0.250 e. The number of thiazole rings is 1. The molecule has 0 radical (unpaired) electrons. The van der Waals surface area contributed by atoms with Crippen LogP contribution in [0.25, 0.3) is 11.4 Å². The van der Waals surface area contributed by atoms with Crippen molar-refractivity contribution in [2.75, 3.05) is 0 Å². The lowest BCUT2D eigenvalue weighted by Crippen LogP contribution is -2.13. The highest BCUT2D eigenvalue weighted by Gasteiger charge is 2.18. The minimum absolute atomic E-state index is 0.253. The van der Waals surface area contributed by atoms with Crippen molar-refractivity contribution in [3.63, 3.8) is 0 Å². The zero-order chi connectivity index (χ0) is 18.7. The number of nitriles is 1. The van der Waals surface area contributed by atoms with Gasteiger partial charge in [-0.3, -0.25) is 4.79 Å². The highest BCUT2D eigenvalue weighted by atomic mass is 32.1. The number of nitrogens with two attached hydrogens (primary N) is 1. The van der Waals surface area contributed by atoms with Gasteiger partial charge >= 0.3 is 0 Å². The first kappa shape index (κ1) is 17.8. The van der Waals surface area contributed by atoms with E-state index in [0.29, 0.717) is 18.5 Å². The van der Waals surface area contributed by atoms with Crippen LogP contribution in [0.4, 0.5) is 4.39 Å². The van der Waals surface area contributed by atoms with Crippen molar-refractivity contribution in [2.24, 2.45) is 5.73 Å². The standard InChI is InChI=1S/C19H17FN4OS/c1-12-15(19(22)25)10-17(16-11-26-18(23-16)6-8-21)24(12)9-7-13-2-4-14(20)5-3-13/h2-5,10-11H,6-7,9H2,1H3,(H2,22,25). The number of rotatable bonds is 6. The zero-order valence-corrected chi connectivity index (χ0v) is 15.0. The fourth-order valence-corrected chi connectivity index (χ4v) is 3.58. The van der Waals surface area contributed by atoms with E-state index >= 15 is 0 Å². The predicted octanol–water partition coefficient (Wildman–Crippen LogP) is 3.47. The number of halogens is 1. The number of benzene rings is 1. The fraction of sp³-hybridized carbons (Fsp3) is 0.211. The van der Waals surface area contributed by atoms with Crippen LogP contribution in [-0.4, -0.2) is 15.5 Å². The summed E-state index contributed by atoms with van der Waals surface area (Å²) in [6.45, 7) is 2.45. The first-order valence-corrected chi connectivity index (χ1v) is 8.93. The average molecular weight is 368 g/mol. The van der Waals surface area contributed by atoms with E-state index in [4.69, 9.17) is 11.0 Å². The molecule has 2 aromatic heterocycles. The molecule has 0 saturated carbocycles. The van der Waals surface area contributed by atoms with Crippen LogP contribution < -0.4 is 5.73 Å². The Hall–Kier alpha value is -2.98. The first-order valence-electron chi connectivity index (χ1n) is 8.05. The molecular weight excluding hydrogens is 351 g/mol. The molecule has 0 bridgehead atoms. The highest BCUT2D eigenvalue weighted by Crippen LogP contribution is 2.28. The second kappa shape index (κ2) is 7.50. The van der Waals surface area contributed by atoms with Gasteiger partial charge in [-0.25, -0.2) is 9.37 Å². The molecule has 132 valence electrons. The third kappa shape index (κ3) is 3.65. The number of carbonyl (C=O) groups excluding carboxylic acids is 1. The molecule has 1 aromatic carbocycles. The molecule has 0 fully saturated rings. The molecule has 0 spiro atoms. The molecule has 26 heavy (non-hydrogen) atoms. The van der Waals surface area contributed by atoms with Crippen LogP contribution in [0.15, 0.2) is 35.7 Å².